The van der Waals surface area contributed by atoms with Crippen LogP contribution in [0.25, 0.3) is 4.96 Å². The van der Waals surface area contributed by atoms with Crippen molar-refractivity contribution in [3.05, 3.63) is 17.3 Å². The fraction of sp³-hybridized carbons (Fsp3) is 0.643. The molecule has 0 bridgehead atoms. The van der Waals surface area contributed by atoms with E-state index >= 15 is 0 Å². The zero-order valence-electron chi connectivity index (χ0n) is 11.7. The summed E-state index contributed by atoms with van der Waals surface area (Å²) >= 11 is 1.70. The molecule has 1 unspecified atom stereocenters. The maximum atomic E-state index is 5.77. The van der Waals surface area contributed by atoms with Crippen LogP contribution in [-0.2, 0) is 6.42 Å². The number of nitrogens with two attached hydrogens (primary N) is 1. The molecule has 0 saturated carbocycles. The van der Waals surface area contributed by atoms with Gasteiger partial charge in [0.05, 0.1) is 5.69 Å². The first-order valence-electron chi connectivity index (χ1n) is 7.10. The number of rotatable bonds is 4. The van der Waals surface area contributed by atoms with Gasteiger partial charge in [0.2, 0.25) is 0 Å². The van der Waals surface area contributed by atoms with Gasteiger partial charge in [-0.2, -0.15) is 0 Å². The van der Waals surface area contributed by atoms with Crippen molar-refractivity contribution in [2.24, 2.45) is 17.6 Å². The van der Waals surface area contributed by atoms with Crippen molar-refractivity contribution in [3.8, 4) is 0 Å². The number of aromatic nitrogens is 2. The second kappa shape index (κ2) is 5.13. The zero-order valence-corrected chi connectivity index (χ0v) is 12.5. The molecule has 1 aliphatic heterocycles. The van der Waals surface area contributed by atoms with Crippen LogP contribution in [-0.4, -0.2) is 29.0 Å². The molecule has 4 nitrogen and oxygen atoms in total. The summed E-state index contributed by atoms with van der Waals surface area (Å²) in [5, 5.41) is 2.09. The van der Waals surface area contributed by atoms with Crippen LogP contribution in [0, 0.1) is 11.8 Å². The molecule has 0 amide bonds. The quantitative estimate of drug-likeness (QED) is 0.934. The molecule has 0 aromatic carbocycles. The van der Waals surface area contributed by atoms with Crippen LogP contribution in [0.4, 0.5) is 5.82 Å². The van der Waals surface area contributed by atoms with Gasteiger partial charge in [-0.05, 0) is 24.8 Å². The van der Waals surface area contributed by atoms with E-state index < -0.39 is 0 Å². The van der Waals surface area contributed by atoms with Crippen molar-refractivity contribution in [3.63, 3.8) is 0 Å². The molecule has 0 aliphatic carbocycles. The Morgan fingerprint density at radius 1 is 1.53 bits per heavy atom. The number of nitrogens with zero attached hydrogens (tertiary/aromatic N) is 3. The highest BCUT2D eigenvalue weighted by Gasteiger charge is 2.28. The minimum absolute atomic E-state index is 0.679. The average molecular weight is 278 g/mol. The minimum Gasteiger partial charge on any atom is -0.355 e. The third-order valence-electron chi connectivity index (χ3n) is 4.19. The van der Waals surface area contributed by atoms with Gasteiger partial charge in [-0.25, -0.2) is 4.98 Å². The van der Waals surface area contributed by atoms with Crippen molar-refractivity contribution < 1.29 is 0 Å². The van der Waals surface area contributed by atoms with E-state index in [0.29, 0.717) is 6.54 Å². The van der Waals surface area contributed by atoms with Crippen molar-refractivity contribution >= 4 is 22.1 Å². The van der Waals surface area contributed by atoms with E-state index in [4.69, 9.17) is 10.7 Å². The minimum atomic E-state index is 0.679. The SMILES string of the molecule is CC(C)C1CCN(c2nc3sccn3c2CCN)C1. The Morgan fingerprint density at radius 3 is 3.05 bits per heavy atom. The Balaban J connectivity index is 1.92. The van der Waals surface area contributed by atoms with E-state index in [0.717, 1.165) is 36.3 Å². The topological polar surface area (TPSA) is 46.6 Å². The first-order chi connectivity index (χ1) is 9.20. The van der Waals surface area contributed by atoms with Gasteiger partial charge in [-0.15, -0.1) is 11.3 Å². The van der Waals surface area contributed by atoms with Crippen LogP contribution in [0.3, 0.4) is 0 Å². The molecule has 1 aliphatic rings. The fourth-order valence-electron chi connectivity index (χ4n) is 2.97. The summed E-state index contributed by atoms with van der Waals surface area (Å²) in [5.41, 5.74) is 7.05. The maximum Gasteiger partial charge on any atom is 0.195 e. The highest BCUT2D eigenvalue weighted by Crippen LogP contribution is 2.31. The first-order valence-corrected chi connectivity index (χ1v) is 7.98. The lowest BCUT2D eigenvalue weighted by Crippen LogP contribution is -2.23. The number of imidazole rings is 1. The van der Waals surface area contributed by atoms with Gasteiger partial charge in [-0.1, -0.05) is 13.8 Å². The monoisotopic (exact) mass is 278 g/mol. The Bertz CT molecular complexity index is 557. The van der Waals surface area contributed by atoms with Crippen molar-refractivity contribution in [2.75, 3.05) is 24.5 Å². The maximum absolute atomic E-state index is 5.77. The molecule has 0 radical (unpaired) electrons. The molecule has 5 heteroatoms. The number of thiazole rings is 1. The molecule has 0 spiro atoms. The van der Waals surface area contributed by atoms with Crippen LogP contribution in [0.2, 0.25) is 0 Å². The molecule has 1 atom stereocenters. The van der Waals surface area contributed by atoms with E-state index in [9.17, 15) is 0 Å². The Kier molecular flexibility index (Phi) is 3.50. The van der Waals surface area contributed by atoms with Crippen molar-refractivity contribution in [2.45, 2.75) is 26.7 Å². The normalized spacial score (nSPS) is 20.0. The van der Waals surface area contributed by atoms with E-state index in [1.54, 1.807) is 11.3 Å². The standard InChI is InChI=1S/C14H22N4S/c1-10(2)11-4-6-17(9-11)13-12(3-5-15)18-7-8-19-14(18)16-13/h7-8,10-11H,3-6,9,15H2,1-2H3. The lowest BCUT2D eigenvalue weighted by molar-refractivity contribution is 0.422. The molecule has 3 heterocycles. The summed E-state index contributed by atoms with van der Waals surface area (Å²) < 4.78 is 2.20. The largest absolute Gasteiger partial charge is 0.355 e. The highest BCUT2D eigenvalue weighted by molar-refractivity contribution is 7.15. The van der Waals surface area contributed by atoms with Gasteiger partial charge in [0.25, 0.3) is 0 Å². The number of hydrogen-bond donors (Lipinski definition) is 1. The third-order valence-corrected chi connectivity index (χ3v) is 4.94. The summed E-state index contributed by atoms with van der Waals surface area (Å²) in [4.78, 5) is 8.36. The smallest absolute Gasteiger partial charge is 0.195 e. The summed E-state index contributed by atoms with van der Waals surface area (Å²) in [6.45, 7) is 7.59. The molecule has 1 fully saturated rings. The molecule has 19 heavy (non-hydrogen) atoms. The van der Waals surface area contributed by atoms with E-state index in [1.165, 1.54) is 17.9 Å². The molecular formula is C14H22N4S. The Hall–Kier alpha value is -1.07. The molecular weight excluding hydrogens is 256 g/mol. The number of fused-ring (bicyclic) bond motifs is 1. The summed E-state index contributed by atoms with van der Waals surface area (Å²) in [6, 6.07) is 0. The van der Waals surface area contributed by atoms with Gasteiger partial charge in [0.1, 0.15) is 0 Å². The van der Waals surface area contributed by atoms with Crippen LogP contribution < -0.4 is 10.6 Å². The summed E-state index contributed by atoms with van der Waals surface area (Å²) in [7, 11) is 0. The first kappa shape index (κ1) is 12.9. The van der Waals surface area contributed by atoms with Crippen molar-refractivity contribution in [1.29, 1.82) is 0 Å². The van der Waals surface area contributed by atoms with Crippen LogP contribution in [0.5, 0.6) is 0 Å². The zero-order chi connectivity index (χ0) is 13.4. The van der Waals surface area contributed by atoms with Gasteiger partial charge in [-0.3, -0.25) is 4.40 Å². The predicted molar refractivity (Wildman–Crippen MR) is 81.0 cm³/mol. The van der Waals surface area contributed by atoms with E-state index in [1.807, 2.05) is 0 Å². The lowest BCUT2D eigenvalue weighted by atomic mass is 9.95. The Morgan fingerprint density at radius 2 is 2.37 bits per heavy atom. The molecule has 2 aromatic rings. The molecule has 104 valence electrons. The molecule has 2 N–H and O–H groups in total. The predicted octanol–water partition coefficient (Wildman–Crippen LogP) is 2.38. The molecule has 2 aromatic heterocycles. The summed E-state index contributed by atoms with van der Waals surface area (Å²) in [6.07, 6.45) is 4.29. The van der Waals surface area contributed by atoms with Crippen molar-refractivity contribution in [1.82, 2.24) is 9.38 Å². The number of hydrogen-bond acceptors (Lipinski definition) is 4. The van der Waals surface area contributed by atoms with Crippen LogP contribution >= 0.6 is 11.3 Å². The Labute approximate surface area is 118 Å². The molecule has 3 rings (SSSR count). The van der Waals surface area contributed by atoms with Crippen LogP contribution in [0.15, 0.2) is 11.6 Å². The third kappa shape index (κ3) is 2.25. The number of anilines is 1. The van der Waals surface area contributed by atoms with Gasteiger partial charge >= 0.3 is 0 Å². The fourth-order valence-corrected chi connectivity index (χ4v) is 3.70. The average Bonchev–Trinajstić information content (AvgIpc) is 3.04. The van der Waals surface area contributed by atoms with Gasteiger partial charge in [0, 0.05) is 31.1 Å². The lowest BCUT2D eigenvalue weighted by Gasteiger charge is -2.19. The molecule has 1 saturated heterocycles. The van der Waals surface area contributed by atoms with E-state index in [-0.39, 0.29) is 0 Å². The van der Waals surface area contributed by atoms with Gasteiger partial charge < -0.3 is 10.6 Å². The second-order valence-corrected chi connectivity index (χ2v) is 6.59. The second-order valence-electron chi connectivity index (χ2n) is 5.72. The van der Waals surface area contributed by atoms with E-state index in [2.05, 4.69) is 34.7 Å². The highest BCUT2D eigenvalue weighted by atomic mass is 32.1. The van der Waals surface area contributed by atoms with Crippen LogP contribution in [0.1, 0.15) is 26.0 Å². The van der Waals surface area contributed by atoms with Gasteiger partial charge in [0.15, 0.2) is 10.8 Å². The summed E-state index contributed by atoms with van der Waals surface area (Å²) in [5.74, 6) is 2.72.